The first-order valence-corrected chi connectivity index (χ1v) is 7.22. The number of rotatable bonds is 1. The normalized spacial score (nSPS) is 27.1. The highest BCUT2D eigenvalue weighted by Gasteiger charge is 2.43. The molecule has 1 aliphatic carbocycles. The highest BCUT2D eigenvalue weighted by Crippen LogP contribution is 2.38. The third-order valence-electron chi connectivity index (χ3n) is 4.42. The Labute approximate surface area is 123 Å². The molecule has 3 atom stereocenters. The van der Waals surface area contributed by atoms with Crippen molar-refractivity contribution in [2.45, 2.75) is 18.9 Å². The van der Waals surface area contributed by atoms with Crippen LogP contribution in [-0.2, 0) is 0 Å². The molecular weight excluding hydrogens is 268 g/mol. The van der Waals surface area contributed by atoms with Gasteiger partial charge >= 0.3 is 0 Å². The van der Waals surface area contributed by atoms with Crippen LogP contribution in [0, 0.1) is 23.7 Å². The molecule has 2 aliphatic rings. The van der Waals surface area contributed by atoms with E-state index in [4.69, 9.17) is 5.11 Å². The van der Waals surface area contributed by atoms with E-state index in [-0.39, 0.29) is 24.5 Å². The first-order chi connectivity index (χ1) is 10.2. The first-order valence-electron chi connectivity index (χ1n) is 7.22. The van der Waals surface area contributed by atoms with Gasteiger partial charge in [-0.25, -0.2) is 4.98 Å². The largest absolute Gasteiger partial charge is 0.393 e. The van der Waals surface area contributed by atoms with Crippen LogP contribution >= 0.6 is 0 Å². The molecule has 1 aromatic rings. The molecule has 0 aromatic carbocycles. The van der Waals surface area contributed by atoms with Crippen molar-refractivity contribution in [3.8, 4) is 11.8 Å². The van der Waals surface area contributed by atoms with Crippen LogP contribution in [-0.4, -0.2) is 51.8 Å². The lowest BCUT2D eigenvalue weighted by molar-refractivity contribution is 0.0746. The molecule has 21 heavy (non-hydrogen) atoms. The highest BCUT2D eigenvalue weighted by atomic mass is 16.3. The molecule has 0 radical (unpaired) electrons. The van der Waals surface area contributed by atoms with E-state index in [9.17, 15) is 9.90 Å². The smallest absolute Gasteiger partial charge is 0.273 e. The number of hydrogen-bond acceptors (Lipinski definition) is 4. The van der Waals surface area contributed by atoms with Gasteiger partial charge in [-0.2, -0.15) is 0 Å². The number of nitrogens with zero attached hydrogens (tertiary/aromatic N) is 2. The zero-order chi connectivity index (χ0) is 14.8. The van der Waals surface area contributed by atoms with Crippen LogP contribution in [0.25, 0.3) is 0 Å². The minimum atomic E-state index is -0.287. The number of likely N-dealkylation sites (tertiary alicyclic amines) is 1. The van der Waals surface area contributed by atoms with Gasteiger partial charge in [-0.05, 0) is 30.9 Å². The van der Waals surface area contributed by atoms with E-state index in [1.807, 2.05) is 0 Å². The number of aliphatic hydroxyl groups is 2. The van der Waals surface area contributed by atoms with E-state index >= 15 is 0 Å². The number of amides is 1. The molecule has 2 N–H and O–H groups in total. The Hall–Kier alpha value is -1.90. The number of hydrogen-bond donors (Lipinski definition) is 2. The zero-order valence-electron chi connectivity index (χ0n) is 11.7. The molecule has 3 rings (SSSR count). The zero-order valence-corrected chi connectivity index (χ0v) is 11.7. The summed E-state index contributed by atoms with van der Waals surface area (Å²) in [6.07, 6.45) is 3.11. The van der Waals surface area contributed by atoms with Gasteiger partial charge in [-0.3, -0.25) is 4.79 Å². The maximum atomic E-state index is 12.6. The van der Waals surface area contributed by atoms with Crippen molar-refractivity contribution in [3.63, 3.8) is 0 Å². The van der Waals surface area contributed by atoms with Crippen LogP contribution < -0.4 is 0 Å². The molecule has 1 aromatic heterocycles. The minimum absolute atomic E-state index is 0.139. The molecular formula is C16H18N2O3. The van der Waals surface area contributed by atoms with E-state index in [2.05, 4.69) is 16.8 Å². The fourth-order valence-corrected chi connectivity index (χ4v) is 3.36. The van der Waals surface area contributed by atoms with Crippen LogP contribution in [0.15, 0.2) is 18.3 Å². The van der Waals surface area contributed by atoms with Crippen molar-refractivity contribution < 1.29 is 15.0 Å². The number of fused-ring (bicyclic) bond motifs is 1. The molecule has 3 unspecified atom stereocenters. The van der Waals surface area contributed by atoms with Gasteiger partial charge in [0.25, 0.3) is 5.91 Å². The van der Waals surface area contributed by atoms with Crippen LogP contribution in [0.5, 0.6) is 0 Å². The lowest BCUT2D eigenvalue weighted by Crippen LogP contribution is -2.32. The quantitative estimate of drug-likeness (QED) is 0.727. The van der Waals surface area contributed by atoms with Gasteiger partial charge < -0.3 is 15.1 Å². The van der Waals surface area contributed by atoms with Gasteiger partial charge in [0.15, 0.2) is 0 Å². The first kappa shape index (κ1) is 14.1. The predicted molar refractivity (Wildman–Crippen MR) is 76.3 cm³/mol. The molecule has 5 heteroatoms. The lowest BCUT2D eigenvalue weighted by atomic mass is 10.00. The maximum Gasteiger partial charge on any atom is 0.273 e. The van der Waals surface area contributed by atoms with Gasteiger partial charge in [-0.15, -0.1) is 0 Å². The third kappa shape index (κ3) is 2.65. The van der Waals surface area contributed by atoms with E-state index in [0.29, 0.717) is 30.3 Å². The van der Waals surface area contributed by atoms with Crippen molar-refractivity contribution in [3.05, 3.63) is 29.6 Å². The Morgan fingerprint density at radius 1 is 1.43 bits per heavy atom. The van der Waals surface area contributed by atoms with Gasteiger partial charge in [0.05, 0.1) is 11.7 Å². The Bertz CT molecular complexity index is 605. The van der Waals surface area contributed by atoms with Crippen molar-refractivity contribution in [2.24, 2.45) is 11.8 Å². The molecule has 1 amide bonds. The standard InChI is InChI=1S/C16H18N2O3/c19-8-2-4-11-3-1-7-17-15(11)16(21)18-9-12-5-6-14(20)13(12)10-18/h1,3,7,12-14,19-20H,5-6,8-10H2. The van der Waals surface area contributed by atoms with Gasteiger partial charge in [-0.1, -0.05) is 11.8 Å². The van der Waals surface area contributed by atoms with E-state index < -0.39 is 0 Å². The molecule has 5 nitrogen and oxygen atoms in total. The molecule has 1 saturated heterocycles. The molecule has 1 saturated carbocycles. The summed E-state index contributed by atoms with van der Waals surface area (Å²) >= 11 is 0. The molecule has 1 aliphatic heterocycles. The van der Waals surface area contributed by atoms with Crippen LogP contribution in [0.3, 0.4) is 0 Å². The molecule has 110 valence electrons. The second kappa shape index (κ2) is 5.84. The molecule has 2 fully saturated rings. The molecule has 0 spiro atoms. The summed E-state index contributed by atoms with van der Waals surface area (Å²) in [5, 5.41) is 18.7. The summed E-state index contributed by atoms with van der Waals surface area (Å²) < 4.78 is 0. The summed E-state index contributed by atoms with van der Waals surface area (Å²) in [5.74, 6) is 5.78. The van der Waals surface area contributed by atoms with Crippen molar-refractivity contribution in [2.75, 3.05) is 19.7 Å². The Morgan fingerprint density at radius 2 is 2.29 bits per heavy atom. The second-order valence-corrected chi connectivity index (χ2v) is 5.64. The molecule has 0 bridgehead atoms. The Kier molecular flexibility index (Phi) is 3.91. The fourth-order valence-electron chi connectivity index (χ4n) is 3.36. The topological polar surface area (TPSA) is 73.7 Å². The lowest BCUT2D eigenvalue weighted by Gasteiger charge is -2.18. The van der Waals surface area contributed by atoms with E-state index in [0.717, 1.165) is 12.8 Å². The highest BCUT2D eigenvalue weighted by molar-refractivity contribution is 5.95. The second-order valence-electron chi connectivity index (χ2n) is 5.64. The van der Waals surface area contributed by atoms with Gasteiger partial charge in [0.2, 0.25) is 0 Å². The van der Waals surface area contributed by atoms with Gasteiger partial charge in [0, 0.05) is 25.2 Å². The van der Waals surface area contributed by atoms with Crippen molar-refractivity contribution in [1.29, 1.82) is 0 Å². The summed E-state index contributed by atoms with van der Waals surface area (Å²) in [6.45, 7) is 1.03. The SMILES string of the molecule is O=C(c1ncccc1C#CCO)N1CC2CCC(O)C2C1. The summed E-state index contributed by atoms with van der Waals surface area (Å²) in [4.78, 5) is 18.5. The fraction of sp³-hybridized carbons (Fsp3) is 0.500. The Morgan fingerprint density at radius 3 is 3.05 bits per heavy atom. The Balaban J connectivity index is 1.80. The summed E-state index contributed by atoms with van der Waals surface area (Å²) in [5.41, 5.74) is 0.863. The van der Waals surface area contributed by atoms with Crippen molar-refractivity contribution >= 4 is 5.91 Å². The van der Waals surface area contributed by atoms with E-state index in [1.165, 1.54) is 0 Å². The number of pyridine rings is 1. The maximum absolute atomic E-state index is 12.6. The van der Waals surface area contributed by atoms with Gasteiger partial charge in [0.1, 0.15) is 12.3 Å². The third-order valence-corrected chi connectivity index (χ3v) is 4.42. The predicted octanol–water partition coefficient (Wildman–Crippen LogP) is 0.268. The van der Waals surface area contributed by atoms with Crippen LogP contribution in [0.4, 0.5) is 0 Å². The average molecular weight is 286 g/mol. The number of carbonyl (C=O) groups excluding carboxylic acids is 1. The van der Waals surface area contributed by atoms with Crippen LogP contribution in [0.2, 0.25) is 0 Å². The number of aromatic nitrogens is 1. The van der Waals surface area contributed by atoms with Crippen molar-refractivity contribution in [1.82, 2.24) is 9.88 Å². The number of aliphatic hydroxyl groups excluding tert-OH is 2. The van der Waals surface area contributed by atoms with E-state index in [1.54, 1.807) is 23.2 Å². The monoisotopic (exact) mass is 286 g/mol. The number of carbonyl (C=O) groups is 1. The molecule has 2 heterocycles. The average Bonchev–Trinajstić information content (AvgIpc) is 3.07. The van der Waals surface area contributed by atoms with Crippen LogP contribution in [0.1, 0.15) is 28.9 Å². The summed E-state index contributed by atoms with van der Waals surface area (Å²) in [7, 11) is 0. The summed E-state index contributed by atoms with van der Waals surface area (Å²) in [6, 6.07) is 3.45. The minimum Gasteiger partial charge on any atom is -0.393 e.